The first-order chi connectivity index (χ1) is 29.6. The summed E-state index contributed by atoms with van der Waals surface area (Å²) in [7, 11) is 0. The van der Waals surface area contributed by atoms with E-state index in [-0.39, 0.29) is 25.2 Å². The second-order valence-corrected chi connectivity index (χ2v) is 16.0. The Morgan fingerprint density at radius 3 is 1.20 bits per heavy atom. The third kappa shape index (κ3) is 47.5. The second-order valence-electron chi connectivity index (χ2n) is 16.0. The van der Waals surface area contributed by atoms with Crippen molar-refractivity contribution in [2.45, 2.75) is 219 Å². The van der Waals surface area contributed by atoms with Gasteiger partial charge in [0.1, 0.15) is 6.61 Å². The highest BCUT2D eigenvalue weighted by molar-refractivity contribution is 5.70. The van der Waals surface area contributed by atoms with Gasteiger partial charge in [-0.25, -0.2) is 0 Å². The third-order valence-corrected chi connectivity index (χ3v) is 10.1. The minimum absolute atomic E-state index is 0.0638. The van der Waals surface area contributed by atoms with E-state index < -0.39 is 6.10 Å². The molecule has 0 N–H and O–H groups in total. The van der Waals surface area contributed by atoms with Gasteiger partial charge in [-0.3, -0.25) is 9.59 Å². The van der Waals surface area contributed by atoms with Gasteiger partial charge in [-0.15, -0.1) is 0 Å². The van der Waals surface area contributed by atoms with Crippen LogP contribution in [-0.4, -0.2) is 37.9 Å². The molecule has 0 aromatic rings. The van der Waals surface area contributed by atoms with Gasteiger partial charge >= 0.3 is 11.9 Å². The monoisotopic (exact) mass is 833 g/mol. The van der Waals surface area contributed by atoms with Crippen molar-refractivity contribution in [1.82, 2.24) is 0 Å². The highest BCUT2D eigenvalue weighted by Gasteiger charge is 2.17. The molecule has 0 radical (unpaired) electrons. The molecule has 0 aliphatic heterocycles. The summed E-state index contributed by atoms with van der Waals surface area (Å²) < 4.78 is 17.3. The van der Waals surface area contributed by atoms with Crippen LogP contribution in [0.25, 0.3) is 0 Å². The molecule has 0 aromatic carbocycles. The Kier molecular flexibility index (Phi) is 47.5. The Bertz CT molecular complexity index is 1170. The van der Waals surface area contributed by atoms with E-state index in [1.807, 2.05) is 0 Å². The van der Waals surface area contributed by atoms with Crippen LogP contribution in [0.1, 0.15) is 213 Å². The lowest BCUT2D eigenvalue weighted by Crippen LogP contribution is -2.30. The number of esters is 2. The van der Waals surface area contributed by atoms with Crippen LogP contribution in [0.15, 0.2) is 97.2 Å². The number of carbonyl (C=O) groups excluding carboxylic acids is 2. The maximum Gasteiger partial charge on any atom is 0.306 e. The highest BCUT2D eigenvalue weighted by atomic mass is 16.6. The molecule has 5 nitrogen and oxygen atoms in total. The SMILES string of the molecule is CC/C=C\C/C=C\C/C=C\C/C=C\CCCCCCCCCOCC(COC(=O)CCCCCC/C=C\C/C=C\C/C=C\C/C=C\CC)OC(=O)CCCCCCCCC. The molecule has 0 spiro atoms. The van der Waals surface area contributed by atoms with E-state index in [0.717, 1.165) is 116 Å². The lowest BCUT2D eigenvalue weighted by molar-refractivity contribution is -0.163. The smallest absolute Gasteiger partial charge is 0.306 e. The number of hydrogen-bond donors (Lipinski definition) is 0. The van der Waals surface area contributed by atoms with Crippen LogP contribution in [0.5, 0.6) is 0 Å². The number of rotatable bonds is 44. The van der Waals surface area contributed by atoms with Crippen LogP contribution in [0, 0.1) is 0 Å². The molecule has 0 rings (SSSR count). The predicted octanol–water partition coefficient (Wildman–Crippen LogP) is 16.7. The maximum atomic E-state index is 12.7. The zero-order valence-electron chi connectivity index (χ0n) is 39.2. The van der Waals surface area contributed by atoms with Gasteiger partial charge in [0.2, 0.25) is 0 Å². The fourth-order valence-electron chi connectivity index (χ4n) is 6.49. The molecule has 5 heteroatoms. The number of unbranched alkanes of at least 4 members (excludes halogenated alkanes) is 17. The van der Waals surface area contributed by atoms with E-state index in [1.165, 1.54) is 64.2 Å². The Labute approximate surface area is 371 Å². The summed E-state index contributed by atoms with van der Waals surface area (Å²) in [6.45, 7) is 7.51. The summed E-state index contributed by atoms with van der Waals surface area (Å²) >= 11 is 0. The molecular formula is C55H92O5. The Balaban J connectivity index is 4.20. The molecule has 1 atom stereocenters. The summed E-state index contributed by atoms with van der Waals surface area (Å²) in [6.07, 6.45) is 67.1. The molecule has 0 fully saturated rings. The Morgan fingerprint density at radius 2 is 0.750 bits per heavy atom. The number of allylic oxidation sites excluding steroid dienone is 16. The fraction of sp³-hybridized carbons (Fsp3) is 0.673. The fourth-order valence-corrected chi connectivity index (χ4v) is 6.49. The van der Waals surface area contributed by atoms with Gasteiger partial charge in [0.25, 0.3) is 0 Å². The summed E-state index contributed by atoms with van der Waals surface area (Å²) in [6, 6.07) is 0. The zero-order valence-corrected chi connectivity index (χ0v) is 39.2. The molecule has 0 heterocycles. The van der Waals surface area contributed by atoms with Gasteiger partial charge in [0, 0.05) is 19.4 Å². The summed E-state index contributed by atoms with van der Waals surface area (Å²) in [5, 5.41) is 0. The lowest BCUT2D eigenvalue weighted by Gasteiger charge is -2.18. The van der Waals surface area contributed by atoms with Gasteiger partial charge in [0.05, 0.1) is 6.61 Å². The van der Waals surface area contributed by atoms with Crippen molar-refractivity contribution in [2.24, 2.45) is 0 Å². The average molecular weight is 833 g/mol. The van der Waals surface area contributed by atoms with Crippen molar-refractivity contribution < 1.29 is 23.8 Å². The van der Waals surface area contributed by atoms with Gasteiger partial charge in [-0.05, 0) is 96.3 Å². The van der Waals surface area contributed by atoms with Gasteiger partial charge in [-0.1, -0.05) is 201 Å². The first-order valence-electron chi connectivity index (χ1n) is 24.8. The molecular weight excluding hydrogens is 741 g/mol. The molecule has 342 valence electrons. The van der Waals surface area contributed by atoms with Crippen LogP contribution in [0.3, 0.4) is 0 Å². The van der Waals surface area contributed by atoms with Crippen molar-refractivity contribution in [3.63, 3.8) is 0 Å². The molecule has 0 aromatic heterocycles. The molecule has 0 saturated carbocycles. The van der Waals surface area contributed by atoms with Crippen molar-refractivity contribution in [1.29, 1.82) is 0 Å². The quantitative estimate of drug-likeness (QED) is 0.0348. The first-order valence-corrected chi connectivity index (χ1v) is 24.8. The van der Waals surface area contributed by atoms with Crippen LogP contribution in [0.4, 0.5) is 0 Å². The number of ether oxygens (including phenoxy) is 3. The maximum absolute atomic E-state index is 12.7. The van der Waals surface area contributed by atoms with Gasteiger partial charge in [-0.2, -0.15) is 0 Å². The molecule has 0 aliphatic carbocycles. The number of hydrogen-bond acceptors (Lipinski definition) is 5. The lowest BCUT2D eigenvalue weighted by atomic mass is 10.1. The number of carbonyl (C=O) groups is 2. The average Bonchev–Trinajstić information content (AvgIpc) is 3.25. The highest BCUT2D eigenvalue weighted by Crippen LogP contribution is 2.13. The van der Waals surface area contributed by atoms with Gasteiger partial charge in [0.15, 0.2) is 6.10 Å². The molecule has 0 bridgehead atoms. The standard InChI is InChI=1S/C55H92O5/c1-4-7-10-13-16-18-20-22-24-26-27-28-30-32-34-36-38-41-44-47-50-58-51-53(60-55(57)49-46-43-39-15-12-9-6-3)52-59-54(56)48-45-42-40-37-35-33-31-29-25-23-21-19-17-14-11-8-5-2/h7-8,10-11,16-19,22-25,27-28,31,33,53H,4-6,9,12-15,20-21,26,29-30,32,34-52H2,1-3H3/b10-7-,11-8-,18-16-,19-17-,24-22-,25-23-,28-27-,33-31-. The van der Waals surface area contributed by atoms with Crippen molar-refractivity contribution in [2.75, 3.05) is 19.8 Å². The van der Waals surface area contributed by atoms with Crippen molar-refractivity contribution in [3.05, 3.63) is 97.2 Å². The normalized spacial score (nSPS) is 13.1. The van der Waals surface area contributed by atoms with Crippen molar-refractivity contribution in [3.8, 4) is 0 Å². The van der Waals surface area contributed by atoms with Crippen molar-refractivity contribution >= 4 is 11.9 Å². The second kappa shape index (κ2) is 50.2. The molecule has 0 saturated heterocycles. The minimum atomic E-state index is -0.553. The van der Waals surface area contributed by atoms with Gasteiger partial charge < -0.3 is 14.2 Å². The third-order valence-electron chi connectivity index (χ3n) is 10.1. The summed E-state index contributed by atoms with van der Waals surface area (Å²) in [5.41, 5.74) is 0. The first kappa shape index (κ1) is 56.8. The summed E-state index contributed by atoms with van der Waals surface area (Å²) in [4.78, 5) is 25.2. The molecule has 0 aliphatic rings. The Morgan fingerprint density at radius 1 is 0.383 bits per heavy atom. The van der Waals surface area contributed by atoms with E-state index in [9.17, 15) is 9.59 Å². The largest absolute Gasteiger partial charge is 0.462 e. The van der Waals surface area contributed by atoms with Crippen LogP contribution in [0.2, 0.25) is 0 Å². The molecule has 0 amide bonds. The molecule has 1 unspecified atom stereocenters. The van der Waals surface area contributed by atoms with E-state index in [4.69, 9.17) is 14.2 Å². The van der Waals surface area contributed by atoms with Crippen LogP contribution < -0.4 is 0 Å². The van der Waals surface area contributed by atoms with E-state index in [2.05, 4.69) is 118 Å². The van der Waals surface area contributed by atoms with E-state index in [0.29, 0.717) is 19.4 Å². The summed E-state index contributed by atoms with van der Waals surface area (Å²) in [5.74, 6) is -0.441. The topological polar surface area (TPSA) is 61.8 Å². The zero-order chi connectivity index (χ0) is 43.5. The van der Waals surface area contributed by atoms with Crippen LogP contribution in [-0.2, 0) is 23.8 Å². The Hall–Kier alpha value is -3.18. The molecule has 60 heavy (non-hydrogen) atoms. The van der Waals surface area contributed by atoms with Crippen LogP contribution >= 0.6 is 0 Å². The van der Waals surface area contributed by atoms with E-state index >= 15 is 0 Å². The van der Waals surface area contributed by atoms with E-state index in [1.54, 1.807) is 0 Å². The minimum Gasteiger partial charge on any atom is -0.462 e. The predicted molar refractivity (Wildman–Crippen MR) is 260 cm³/mol.